The standard InChI is InChI=1S/C19H15F3N4S2/c1-11-5-17(27-9-11)26(18-6-12(2)10-28-18)13-3-4-23-14(7-13)15-8-16(25-24-15)19(20,21)22/h3-10H,1-2H3,(H,24,25). The highest BCUT2D eigenvalue weighted by Crippen LogP contribution is 2.42. The van der Waals surface area contributed by atoms with Crippen LogP contribution in [0.4, 0.5) is 28.9 Å². The van der Waals surface area contributed by atoms with Crippen molar-refractivity contribution in [2.24, 2.45) is 0 Å². The molecule has 0 fully saturated rings. The van der Waals surface area contributed by atoms with Gasteiger partial charge in [-0.15, -0.1) is 22.7 Å². The van der Waals surface area contributed by atoms with E-state index >= 15 is 0 Å². The largest absolute Gasteiger partial charge is 0.432 e. The molecule has 4 nitrogen and oxygen atoms in total. The minimum absolute atomic E-state index is 0.152. The van der Waals surface area contributed by atoms with Gasteiger partial charge >= 0.3 is 6.18 Å². The SMILES string of the molecule is Cc1csc(N(c2ccnc(-c3cc(C(F)(F)F)[nH]n3)c2)c2cc(C)cs2)c1. The first-order valence-corrected chi connectivity index (χ1v) is 10.1. The van der Waals surface area contributed by atoms with E-state index in [2.05, 4.69) is 37.9 Å². The van der Waals surface area contributed by atoms with Crippen LogP contribution in [0.15, 0.2) is 47.3 Å². The van der Waals surface area contributed by atoms with Crippen LogP contribution >= 0.6 is 22.7 Å². The Morgan fingerprint density at radius 1 is 0.929 bits per heavy atom. The summed E-state index contributed by atoms with van der Waals surface area (Å²) in [6.07, 6.45) is -2.89. The Labute approximate surface area is 167 Å². The number of halogens is 3. The minimum atomic E-state index is -4.47. The maximum Gasteiger partial charge on any atom is 0.432 e. The molecule has 1 N–H and O–H groups in total. The normalized spacial score (nSPS) is 11.8. The number of pyridine rings is 1. The average Bonchev–Trinajstić information content (AvgIpc) is 3.37. The fraction of sp³-hybridized carbons (Fsp3) is 0.158. The van der Waals surface area contributed by atoms with Crippen molar-refractivity contribution >= 4 is 38.4 Å². The van der Waals surface area contributed by atoms with E-state index in [-0.39, 0.29) is 5.69 Å². The summed E-state index contributed by atoms with van der Waals surface area (Å²) < 4.78 is 38.6. The third-order valence-corrected chi connectivity index (χ3v) is 6.08. The summed E-state index contributed by atoms with van der Waals surface area (Å²) in [5.41, 5.74) is 2.73. The molecule has 4 aromatic heterocycles. The second-order valence-electron chi connectivity index (χ2n) is 6.32. The number of thiophene rings is 2. The van der Waals surface area contributed by atoms with Crippen LogP contribution in [-0.4, -0.2) is 15.2 Å². The van der Waals surface area contributed by atoms with E-state index in [0.29, 0.717) is 5.69 Å². The van der Waals surface area contributed by atoms with Crippen molar-refractivity contribution in [2.45, 2.75) is 20.0 Å². The van der Waals surface area contributed by atoms with Crippen LogP contribution in [0.25, 0.3) is 11.4 Å². The summed E-state index contributed by atoms with van der Waals surface area (Å²) in [6, 6.07) is 8.72. The van der Waals surface area contributed by atoms with Gasteiger partial charge < -0.3 is 0 Å². The fourth-order valence-electron chi connectivity index (χ4n) is 2.73. The number of alkyl halides is 3. The summed E-state index contributed by atoms with van der Waals surface area (Å²) in [6.45, 7) is 4.05. The Morgan fingerprint density at radius 2 is 1.57 bits per heavy atom. The smallest absolute Gasteiger partial charge is 0.293 e. The van der Waals surface area contributed by atoms with Crippen molar-refractivity contribution < 1.29 is 13.2 Å². The lowest BCUT2D eigenvalue weighted by Gasteiger charge is -2.21. The Balaban J connectivity index is 1.78. The Kier molecular flexibility index (Phi) is 4.72. The maximum atomic E-state index is 12.9. The van der Waals surface area contributed by atoms with Gasteiger partial charge in [-0.2, -0.15) is 18.3 Å². The number of hydrogen-bond acceptors (Lipinski definition) is 5. The average molecular weight is 420 g/mol. The number of aromatic amines is 1. The molecule has 4 rings (SSSR count). The van der Waals surface area contributed by atoms with Crippen LogP contribution in [0.3, 0.4) is 0 Å². The molecule has 0 spiro atoms. The van der Waals surface area contributed by atoms with Crippen molar-refractivity contribution in [3.05, 3.63) is 64.1 Å². The quantitative estimate of drug-likeness (QED) is 0.399. The second kappa shape index (κ2) is 7.06. The molecule has 0 unspecified atom stereocenters. The summed E-state index contributed by atoms with van der Waals surface area (Å²) in [5, 5.41) is 12.0. The molecule has 0 aliphatic carbocycles. The topological polar surface area (TPSA) is 44.8 Å². The van der Waals surface area contributed by atoms with E-state index in [1.165, 1.54) is 0 Å². The number of nitrogens with zero attached hydrogens (tertiary/aromatic N) is 3. The van der Waals surface area contributed by atoms with Crippen LogP contribution in [0, 0.1) is 13.8 Å². The van der Waals surface area contributed by atoms with Gasteiger partial charge in [0, 0.05) is 6.20 Å². The zero-order chi connectivity index (χ0) is 19.9. The zero-order valence-electron chi connectivity index (χ0n) is 14.9. The molecule has 144 valence electrons. The highest BCUT2D eigenvalue weighted by molar-refractivity contribution is 7.16. The van der Waals surface area contributed by atoms with Crippen molar-refractivity contribution in [1.29, 1.82) is 0 Å². The van der Waals surface area contributed by atoms with Crippen molar-refractivity contribution in [1.82, 2.24) is 15.2 Å². The third-order valence-electron chi connectivity index (χ3n) is 4.02. The van der Waals surface area contributed by atoms with Gasteiger partial charge in [0.05, 0.1) is 11.4 Å². The molecule has 4 aromatic rings. The maximum absolute atomic E-state index is 12.9. The molecular formula is C19H15F3N4S2. The number of hydrogen-bond donors (Lipinski definition) is 1. The molecule has 0 aromatic carbocycles. The van der Waals surface area contributed by atoms with E-state index in [1.54, 1.807) is 34.9 Å². The van der Waals surface area contributed by atoms with Crippen LogP contribution in [0.2, 0.25) is 0 Å². The van der Waals surface area contributed by atoms with Gasteiger partial charge in [-0.05, 0) is 66.1 Å². The number of nitrogens with one attached hydrogen (secondary N) is 1. The Morgan fingerprint density at radius 3 is 2.07 bits per heavy atom. The first-order valence-electron chi connectivity index (χ1n) is 8.31. The van der Waals surface area contributed by atoms with Crippen LogP contribution in [0.5, 0.6) is 0 Å². The molecule has 0 saturated carbocycles. The molecular weight excluding hydrogens is 405 g/mol. The van der Waals surface area contributed by atoms with Crippen molar-refractivity contribution in [2.75, 3.05) is 4.90 Å². The molecule has 0 saturated heterocycles. The number of anilines is 3. The fourth-order valence-corrected chi connectivity index (χ4v) is 4.66. The molecule has 0 radical (unpaired) electrons. The zero-order valence-corrected chi connectivity index (χ0v) is 16.5. The lowest BCUT2D eigenvalue weighted by atomic mass is 10.2. The van der Waals surface area contributed by atoms with Crippen molar-refractivity contribution in [3.8, 4) is 11.4 Å². The molecule has 28 heavy (non-hydrogen) atoms. The molecule has 0 aliphatic heterocycles. The van der Waals surface area contributed by atoms with E-state index in [1.807, 2.05) is 25.0 Å². The summed E-state index contributed by atoms with van der Waals surface area (Å²) >= 11 is 3.21. The van der Waals surface area contributed by atoms with Gasteiger partial charge in [-0.3, -0.25) is 15.0 Å². The lowest BCUT2D eigenvalue weighted by molar-refractivity contribution is -0.141. The molecule has 0 aliphatic rings. The first kappa shape index (κ1) is 18.7. The van der Waals surface area contributed by atoms with E-state index in [9.17, 15) is 13.2 Å². The van der Waals surface area contributed by atoms with E-state index in [0.717, 1.165) is 32.9 Å². The van der Waals surface area contributed by atoms with Crippen LogP contribution < -0.4 is 4.90 Å². The third kappa shape index (κ3) is 3.67. The summed E-state index contributed by atoms with van der Waals surface area (Å²) in [4.78, 5) is 6.30. The van der Waals surface area contributed by atoms with Gasteiger partial charge in [0.25, 0.3) is 0 Å². The molecule has 0 amide bonds. The van der Waals surface area contributed by atoms with Crippen LogP contribution in [-0.2, 0) is 6.18 Å². The minimum Gasteiger partial charge on any atom is -0.293 e. The predicted octanol–water partition coefficient (Wildman–Crippen LogP) is 6.70. The van der Waals surface area contributed by atoms with Gasteiger partial charge in [0.1, 0.15) is 21.4 Å². The molecule has 0 bridgehead atoms. The van der Waals surface area contributed by atoms with E-state index in [4.69, 9.17) is 0 Å². The van der Waals surface area contributed by atoms with Gasteiger partial charge in [-0.25, -0.2) is 0 Å². The van der Waals surface area contributed by atoms with E-state index < -0.39 is 11.9 Å². The second-order valence-corrected chi connectivity index (χ2v) is 8.10. The number of aryl methyl sites for hydroxylation is 2. The van der Waals surface area contributed by atoms with Gasteiger partial charge in [0.2, 0.25) is 0 Å². The number of H-pyrrole nitrogens is 1. The molecule has 4 heterocycles. The lowest BCUT2D eigenvalue weighted by Crippen LogP contribution is -2.07. The van der Waals surface area contributed by atoms with Gasteiger partial charge in [0.15, 0.2) is 0 Å². The molecule has 9 heteroatoms. The summed E-state index contributed by atoms with van der Waals surface area (Å²) in [5.74, 6) is 0. The first-order chi connectivity index (χ1) is 13.3. The highest BCUT2D eigenvalue weighted by atomic mass is 32.1. The number of aromatic nitrogens is 3. The summed E-state index contributed by atoms with van der Waals surface area (Å²) in [7, 11) is 0. The Hall–Kier alpha value is -2.65. The monoisotopic (exact) mass is 420 g/mol. The van der Waals surface area contributed by atoms with Gasteiger partial charge in [-0.1, -0.05) is 0 Å². The predicted molar refractivity (Wildman–Crippen MR) is 107 cm³/mol. The van der Waals surface area contributed by atoms with Crippen molar-refractivity contribution in [3.63, 3.8) is 0 Å². The Bertz CT molecular complexity index is 1070. The highest BCUT2D eigenvalue weighted by Gasteiger charge is 2.33. The van der Waals surface area contributed by atoms with Crippen LogP contribution in [0.1, 0.15) is 16.8 Å². The molecule has 0 atom stereocenters. The number of rotatable bonds is 4.